The van der Waals surface area contributed by atoms with Crippen molar-refractivity contribution in [2.24, 2.45) is 5.92 Å². The van der Waals surface area contributed by atoms with Gasteiger partial charge in [0.2, 0.25) is 0 Å². The van der Waals surface area contributed by atoms with Gasteiger partial charge in [-0.3, -0.25) is 9.59 Å². The smallest absolute Gasteiger partial charge is 0.345 e. The molecule has 0 radical (unpaired) electrons. The van der Waals surface area contributed by atoms with Crippen LogP contribution in [0.15, 0.2) is 16.9 Å². The number of hydrogen-bond acceptors (Lipinski definition) is 2. The topological polar surface area (TPSA) is 62.0 Å². The first-order valence-electron chi connectivity index (χ1n) is 6.95. The van der Waals surface area contributed by atoms with Gasteiger partial charge < -0.3 is 10.3 Å². The lowest BCUT2D eigenvalue weighted by Gasteiger charge is -2.43. The molecule has 0 atom stereocenters. The van der Waals surface area contributed by atoms with E-state index in [4.69, 9.17) is 0 Å². The minimum absolute atomic E-state index is 0.125. The van der Waals surface area contributed by atoms with Crippen LogP contribution in [0.1, 0.15) is 48.2 Å². The van der Waals surface area contributed by atoms with E-state index in [9.17, 15) is 22.8 Å². The first-order chi connectivity index (χ1) is 9.82. The van der Waals surface area contributed by atoms with Crippen LogP contribution in [0.2, 0.25) is 0 Å². The molecule has 21 heavy (non-hydrogen) atoms. The second-order valence-corrected chi connectivity index (χ2v) is 5.85. The lowest BCUT2D eigenvalue weighted by atomic mass is 9.73. The first-order valence-corrected chi connectivity index (χ1v) is 6.95. The Balaban J connectivity index is 1.79. The maximum atomic E-state index is 12.5. The molecule has 0 unspecified atom stereocenters. The monoisotopic (exact) mass is 300 g/mol. The molecule has 1 heterocycles. The maximum absolute atomic E-state index is 12.5. The van der Waals surface area contributed by atoms with Gasteiger partial charge in [0.05, 0.1) is 0 Å². The lowest BCUT2D eigenvalue weighted by Crippen LogP contribution is -2.55. The molecule has 1 aromatic heterocycles. The number of nitrogens with one attached hydrogen (secondary N) is 2. The third-order valence-electron chi connectivity index (χ3n) is 4.43. The third-order valence-corrected chi connectivity index (χ3v) is 4.43. The van der Waals surface area contributed by atoms with Gasteiger partial charge in [0.15, 0.2) is 0 Å². The number of carbonyl (C=O) groups is 1. The SMILES string of the molecule is O=C(NC1(C2CC2)CCC1)c1ccc(C(F)(F)F)c(=O)[nH]1. The van der Waals surface area contributed by atoms with Crippen LogP contribution < -0.4 is 10.9 Å². The van der Waals surface area contributed by atoms with E-state index in [0.29, 0.717) is 12.0 Å². The summed E-state index contributed by atoms with van der Waals surface area (Å²) in [6.45, 7) is 0. The molecule has 0 saturated heterocycles. The number of carbonyl (C=O) groups excluding carboxylic acids is 1. The largest absolute Gasteiger partial charge is 0.421 e. The summed E-state index contributed by atoms with van der Waals surface area (Å²) in [6, 6.07) is 1.66. The van der Waals surface area contributed by atoms with Gasteiger partial charge in [-0.2, -0.15) is 13.2 Å². The van der Waals surface area contributed by atoms with Gasteiger partial charge in [0.1, 0.15) is 11.3 Å². The Labute approximate surface area is 118 Å². The summed E-state index contributed by atoms with van der Waals surface area (Å²) in [5.74, 6) is -0.0382. The molecule has 7 heteroatoms. The van der Waals surface area contributed by atoms with E-state index in [1.807, 2.05) is 4.98 Å². The fraction of sp³-hybridized carbons (Fsp3) is 0.571. The molecule has 0 aliphatic heterocycles. The number of pyridine rings is 1. The Morgan fingerprint density at radius 2 is 1.95 bits per heavy atom. The summed E-state index contributed by atoms with van der Waals surface area (Å²) in [5, 5.41) is 2.90. The van der Waals surface area contributed by atoms with Crippen LogP contribution in [0.3, 0.4) is 0 Å². The van der Waals surface area contributed by atoms with Gasteiger partial charge in [-0.1, -0.05) is 0 Å². The molecule has 1 aromatic rings. The molecule has 0 bridgehead atoms. The maximum Gasteiger partial charge on any atom is 0.421 e. The van der Waals surface area contributed by atoms with Crippen molar-refractivity contribution in [2.45, 2.75) is 43.8 Å². The number of aromatic amines is 1. The van der Waals surface area contributed by atoms with Gasteiger partial charge in [-0.05, 0) is 50.2 Å². The number of amides is 1. The molecular weight excluding hydrogens is 285 g/mol. The van der Waals surface area contributed by atoms with Gasteiger partial charge in [-0.15, -0.1) is 0 Å². The molecule has 114 valence electrons. The number of hydrogen-bond donors (Lipinski definition) is 2. The van der Waals surface area contributed by atoms with Crippen LogP contribution in [0.5, 0.6) is 0 Å². The molecule has 1 amide bonds. The second kappa shape index (κ2) is 4.61. The zero-order valence-electron chi connectivity index (χ0n) is 11.2. The molecular formula is C14H15F3N2O2. The second-order valence-electron chi connectivity index (χ2n) is 5.85. The number of H-pyrrole nitrogens is 1. The Morgan fingerprint density at radius 3 is 2.38 bits per heavy atom. The van der Waals surface area contributed by atoms with Crippen LogP contribution in [0.4, 0.5) is 13.2 Å². The predicted molar refractivity (Wildman–Crippen MR) is 68.8 cm³/mol. The molecule has 2 aliphatic rings. The summed E-state index contributed by atoms with van der Waals surface area (Å²) in [6.07, 6.45) is 0.266. The Morgan fingerprint density at radius 1 is 1.29 bits per heavy atom. The van der Waals surface area contributed by atoms with Crippen molar-refractivity contribution in [1.29, 1.82) is 0 Å². The summed E-state index contributed by atoms with van der Waals surface area (Å²) < 4.78 is 37.5. The molecule has 2 saturated carbocycles. The fourth-order valence-electron chi connectivity index (χ4n) is 2.95. The van der Waals surface area contributed by atoms with E-state index in [0.717, 1.165) is 38.2 Å². The van der Waals surface area contributed by atoms with Crippen LogP contribution in [-0.4, -0.2) is 16.4 Å². The summed E-state index contributed by atoms with van der Waals surface area (Å²) in [7, 11) is 0. The minimum Gasteiger partial charge on any atom is -0.345 e. The highest BCUT2D eigenvalue weighted by atomic mass is 19.4. The first kappa shape index (κ1) is 14.2. The Hall–Kier alpha value is -1.79. The molecule has 2 fully saturated rings. The van der Waals surface area contributed by atoms with Gasteiger partial charge in [0, 0.05) is 5.54 Å². The van der Waals surface area contributed by atoms with Crippen molar-refractivity contribution in [3.05, 3.63) is 33.7 Å². The van der Waals surface area contributed by atoms with Crippen molar-refractivity contribution in [1.82, 2.24) is 10.3 Å². The molecule has 0 aromatic carbocycles. The quantitative estimate of drug-likeness (QED) is 0.900. The third kappa shape index (κ3) is 2.56. The molecule has 3 rings (SSSR count). The molecule has 4 nitrogen and oxygen atoms in total. The lowest BCUT2D eigenvalue weighted by molar-refractivity contribution is -0.138. The minimum atomic E-state index is -4.72. The highest BCUT2D eigenvalue weighted by molar-refractivity contribution is 5.92. The fourth-order valence-corrected chi connectivity index (χ4v) is 2.95. The van der Waals surface area contributed by atoms with Crippen LogP contribution in [-0.2, 0) is 6.18 Å². The van der Waals surface area contributed by atoms with Crippen molar-refractivity contribution < 1.29 is 18.0 Å². The normalized spacial score (nSPS) is 20.7. The number of alkyl halides is 3. The van der Waals surface area contributed by atoms with E-state index < -0.39 is 23.2 Å². The van der Waals surface area contributed by atoms with Crippen molar-refractivity contribution in [3.8, 4) is 0 Å². The zero-order chi connectivity index (χ0) is 15.3. The number of halogens is 3. The Kier molecular flexibility index (Phi) is 3.11. The van der Waals surface area contributed by atoms with Crippen LogP contribution in [0.25, 0.3) is 0 Å². The summed E-state index contributed by atoms with van der Waals surface area (Å²) >= 11 is 0. The van der Waals surface area contributed by atoms with Crippen LogP contribution in [0, 0.1) is 5.92 Å². The van der Waals surface area contributed by atoms with Gasteiger partial charge in [-0.25, -0.2) is 0 Å². The molecule has 0 spiro atoms. The molecule has 2 N–H and O–H groups in total. The molecule has 2 aliphatic carbocycles. The van der Waals surface area contributed by atoms with E-state index in [-0.39, 0.29) is 11.2 Å². The Bertz CT molecular complexity index is 628. The van der Waals surface area contributed by atoms with Crippen LogP contribution >= 0.6 is 0 Å². The highest BCUT2D eigenvalue weighted by Gasteiger charge is 2.50. The number of rotatable bonds is 3. The van der Waals surface area contributed by atoms with Crippen molar-refractivity contribution in [2.75, 3.05) is 0 Å². The summed E-state index contributed by atoms with van der Waals surface area (Å²) in [4.78, 5) is 25.6. The van der Waals surface area contributed by atoms with Gasteiger partial charge in [0.25, 0.3) is 11.5 Å². The standard InChI is InChI=1S/C14H15F3N2O2/c15-14(16,17)9-4-5-10(18-11(9)20)12(21)19-13(6-1-7-13)8-2-3-8/h4-5,8H,1-3,6-7H2,(H,18,20)(H,19,21). The van der Waals surface area contributed by atoms with E-state index >= 15 is 0 Å². The van der Waals surface area contributed by atoms with E-state index in [1.165, 1.54) is 0 Å². The van der Waals surface area contributed by atoms with Gasteiger partial charge >= 0.3 is 6.18 Å². The average Bonchev–Trinajstić information content (AvgIpc) is 3.16. The number of aromatic nitrogens is 1. The summed E-state index contributed by atoms with van der Waals surface area (Å²) in [5.41, 5.74) is -2.92. The predicted octanol–water partition coefficient (Wildman–Crippen LogP) is 2.46. The van der Waals surface area contributed by atoms with Crippen molar-refractivity contribution >= 4 is 5.91 Å². The van der Waals surface area contributed by atoms with E-state index in [1.54, 1.807) is 0 Å². The van der Waals surface area contributed by atoms with E-state index in [2.05, 4.69) is 5.32 Å². The van der Waals surface area contributed by atoms with Crippen molar-refractivity contribution in [3.63, 3.8) is 0 Å². The average molecular weight is 300 g/mol. The highest BCUT2D eigenvalue weighted by Crippen LogP contribution is 2.50. The zero-order valence-corrected chi connectivity index (χ0v) is 11.2.